The molecule has 0 aliphatic carbocycles. The van der Waals surface area contributed by atoms with Gasteiger partial charge in [0.15, 0.2) is 23.0 Å². The van der Waals surface area contributed by atoms with Gasteiger partial charge in [0.2, 0.25) is 12.7 Å². The first kappa shape index (κ1) is 25.3. The number of carbonyl (C=O) groups is 1. The molecular weight excluding hydrogens is 500 g/mol. The maximum Gasteiger partial charge on any atom is 0.244 e. The number of fused-ring (bicyclic) bond motifs is 9. The molecule has 2 aromatic rings. The van der Waals surface area contributed by atoms with Crippen molar-refractivity contribution in [3.63, 3.8) is 0 Å². The topological polar surface area (TPSA) is 98.7 Å². The van der Waals surface area contributed by atoms with Crippen LogP contribution >= 0.6 is 0 Å². The Bertz CT molecular complexity index is 1430. The van der Waals surface area contributed by atoms with Crippen LogP contribution in [0.2, 0.25) is 0 Å². The quantitative estimate of drug-likeness (QED) is 0.389. The highest BCUT2D eigenvalue weighted by Gasteiger charge is 2.50. The number of nitrogens with zero attached hydrogens (tertiary/aromatic N) is 1. The van der Waals surface area contributed by atoms with Crippen molar-refractivity contribution in [2.45, 2.75) is 38.4 Å². The van der Waals surface area contributed by atoms with Gasteiger partial charge in [-0.25, -0.2) is 0 Å². The minimum Gasteiger partial charge on any atom is -0.504 e. The molecule has 0 radical (unpaired) electrons. The number of rotatable bonds is 8. The summed E-state index contributed by atoms with van der Waals surface area (Å²) in [5, 5.41) is 14.8. The molecule has 2 bridgehead atoms. The lowest BCUT2D eigenvalue weighted by molar-refractivity contribution is -0.138. The molecule has 39 heavy (non-hydrogen) atoms. The zero-order valence-electron chi connectivity index (χ0n) is 22.3. The summed E-state index contributed by atoms with van der Waals surface area (Å²) in [4.78, 5) is 15.9. The highest BCUT2D eigenvalue weighted by molar-refractivity contribution is 5.91. The zero-order chi connectivity index (χ0) is 27.4. The Morgan fingerprint density at radius 3 is 2.67 bits per heavy atom. The van der Waals surface area contributed by atoms with Gasteiger partial charge in [-0.15, -0.1) is 6.58 Å². The highest BCUT2D eigenvalue weighted by Crippen LogP contribution is 2.56. The molecule has 3 atom stereocenters. The number of piperazine rings is 1. The van der Waals surface area contributed by atoms with Gasteiger partial charge in [0.05, 0.1) is 38.4 Å². The Kier molecular flexibility index (Phi) is 6.28. The van der Waals surface area contributed by atoms with Crippen LogP contribution in [0.15, 0.2) is 37.1 Å². The summed E-state index contributed by atoms with van der Waals surface area (Å²) in [6, 6.07) is 0.555. The summed E-state index contributed by atoms with van der Waals surface area (Å²) < 4.78 is 29.6. The molecule has 0 spiro atoms. The number of phenols is 1. The van der Waals surface area contributed by atoms with Gasteiger partial charge in [0.1, 0.15) is 12.4 Å². The van der Waals surface area contributed by atoms with Crippen molar-refractivity contribution in [1.82, 2.24) is 10.2 Å². The number of aryl methyl sites for hydroxylation is 1. The molecule has 9 nitrogen and oxygen atoms in total. The standard InChI is InChI=1S/C30H32N2O7/c1-6-8-36-13-21-23-18(27(37-9-7-2)16(4)28-29(23)39-14-38-28)12-20-24-22-17(10-15(3)26(35-5)25(22)33)11-19(31-24)30(34)32(20)21/h6-7,10,12,19,21,24,31,33H,1-2,8-9,11,13-14H2,3-5H3/t19-,21+,24-/m1/s1. The Hall–Kier alpha value is -3.95. The summed E-state index contributed by atoms with van der Waals surface area (Å²) in [6.07, 6.45) is 5.76. The number of amides is 1. The van der Waals surface area contributed by atoms with Crippen molar-refractivity contribution in [2.75, 3.05) is 33.7 Å². The molecule has 1 saturated heterocycles. The Morgan fingerprint density at radius 2 is 1.92 bits per heavy atom. The molecule has 204 valence electrons. The number of ether oxygens (including phenoxy) is 5. The Morgan fingerprint density at radius 1 is 1.15 bits per heavy atom. The number of hydrogen-bond acceptors (Lipinski definition) is 8. The third-order valence-corrected chi connectivity index (χ3v) is 7.83. The monoisotopic (exact) mass is 532 g/mol. The fourth-order valence-corrected chi connectivity index (χ4v) is 6.30. The van der Waals surface area contributed by atoms with Gasteiger partial charge in [-0.05, 0) is 37.5 Å². The molecule has 4 aliphatic heterocycles. The number of hydrogen-bond donors (Lipinski definition) is 2. The highest BCUT2D eigenvalue weighted by atomic mass is 16.7. The van der Waals surface area contributed by atoms with E-state index in [1.165, 1.54) is 0 Å². The number of nitrogens with one attached hydrogen (secondary N) is 1. The molecule has 1 fully saturated rings. The summed E-state index contributed by atoms with van der Waals surface area (Å²) in [5.41, 5.74) is 5.51. The van der Waals surface area contributed by atoms with E-state index in [9.17, 15) is 9.90 Å². The van der Waals surface area contributed by atoms with Crippen LogP contribution in [-0.2, 0) is 16.0 Å². The van der Waals surface area contributed by atoms with Crippen molar-refractivity contribution >= 4 is 12.0 Å². The van der Waals surface area contributed by atoms with E-state index in [4.69, 9.17) is 23.7 Å². The third kappa shape index (κ3) is 3.71. The molecule has 4 heterocycles. The van der Waals surface area contributed by atoms with Gasteiger partial charge in [0.25, 0.3) is 0 Å². The van der Waals surface area contributed by atoms with E-state index in [1.807, 2.05) is 26.0 Å². The fourth-order valence-electron chi connectivity index (χ4n) is 6.30. The SMILES string of the molecule is C=CCOC[C@H]1c2c(c(OCC=C)c(C)c3c2OCO3)C=C2[C@H]3N[C@H](Cc4cc(C)c(OC)c(O)c43)C(=O)N21. The third-order valence-electron chi connectivity index (χ3n) is 7.83. The summed E-state index contributed by atoms with van der Waals surface area (Å²) >= 11 is 0. The first-order chi connectivity index (χ1) is 18.9. The molecule has 0 unspecified atom stereocenters. The van der Waals surface area contributed by atoms with Gasteiger partial charge in [0, 0.05) is 28.0 Å². The second-order valence-electron chi connectivity index (χ2n) is 10.1. The molecule has 9 heteroatoms. The van der Waals surface area contributed by atoms with Crippen LogP contribution in [0, 0.1) is 13.8 Å². The largest absolute Gasteiger partial charge is 0.504 e. The van der Waals surface area contributed by atoms with Gasteiger partial charge in [-0.1, -0.05) is 24.8 Å². The molecule has 0 aromatic heterocycles. The maximum atomic E-state index is 14.1. The van der Waals surface area contributed by atoms with E-state index < -0.39 is 18.1 Å². The Balaban J connectivity index is 1.61. The average Bonchev–Trinajstić information content (AvgIpc) is 3.41. The van der Waals surface area contributed by atoms with Crippen LogP contribution in [0.5, 0.6) is 28.7 Å². The van der Waals surface area contributed by atoms with E-state index >= 15 is 0 Å². The smallest absolute Gasteiger partial charge is 0.244 e. The maximum absolute atomic E-state index is 14.1. The van der Waals surface area contributed by atoms with Crippen LogP contribution in [0.4, 0.5) is 0 Å². The Labute approximate surface area is 227 Å². The van der Waals surface area contributed by atoms with Gasteiger partial charge < -0.3 is 33.7 Å². The van der Waals surface area contributed by atoms with E-state index in [1.54, 1.807) is 24.2 Å². The molecule has 4 aliphatic rings. The molecule has 2 aromatic carbocycles. The summed E-state index contributed by atoms with van der Waals surface area (Å²) in [6.45, 7) is 12.3. The minimum absolute atomic E-state index is 0.0734. The van der Waals surface area contributed by atoms with Crippen molar-refractivity contribution in [3.05, 3.63) is 70.5 Å². The minimum atomic E-state index is -0.516. The van der Waals surface area contributed by atoms with Gasteiger partial charge in [-0.2, -0.15) is 0 Å². The summed E-state index contributed by atoms with van der Waals surface area (Å²) in [7, 11) is 1.54. The van der Waals surface area contributed by atoms with Crippen molar-refractivity contribution in [1.29, 1.82) is 0 Å². The second kappa shape index (κ2) is 9.66. The molecule has 0 saturated carbocycles. The van der Waals surface area contributed by atoms with Crippen molar-refractivity contribution < 1.29 is 33.6 Å². The van der Waals surface area contributed by atoms with E-state index in [0.29, 0.717) is 53.9 Å². The van der Waals surface area contributed by atoms with Crippen LogP contribution in [0.1, 0.15) is 45.5 Å². The number of benzene rings is 2. The fraction of sp³-hybridized carbons (Fsp3) is 0.367. The van der Waals surface area contributed by atoms with Crippen LogP contribution in [0.3, 0.4) is 0 Å². The van der Waals surface area contributed by atoms with E-state index in [-0.39, 0.29) is 25.1 Å². The lowest BCUT2D eigenvalue weighted by atomic mass is 9.79. The molecule has 2 N–H and O–H groups in total. The number of carbonyl (C=O) groups excluding carboxylic acids is 1. The number of aromatic hydroxyl groups is 1. The predicted molar refractivity (Wildman–Crippen MR) is 144 cm³/mol. The number of phenolic OH excluding ortho intramolecular Hbond substituents is 1. The zero-order valence-corrected chi connectivity index (χ0v) is 22.3. The van der Waals surface area contributed by atoms with E-state index in [0.717, 1.165) is 27.8 Å². The first-order valence-electron chi connectivity index (χ1n) is 13.0. The van der Waals surface area contributed by atoms with E-state index in [2.05, 4.69) is 18.5 Å². The lowest BCUT2D eigenvalue weighted by Crippen LogP contribution is -2.60. The summed E-state index contributed by atoms with van der Waals surface area (Å²) in [5.74, 6) is 2.25. The van der Waals surface area contributed by atoms with Crippen LogP contribution in [0.25, 0.3) is 6.08 Å². The molecule has 6 rings (SSSR count). The van der Waals surface area contributed by atoms with Crippen molar-refractivity contribution in [2.24, 2.45) is 0 Å². The molecule has 1 amide bonds. The average molecular weight is 533 g/mol. The lowest BCUT2D eigenvalue weighted by Gasteiger charge is -2.49. The van der Waals surface area contributed by atoms with Crippen LogP contribution in [-0.4, -0.2) is 55.7 Å². The predicted octanol–water partition coefficient (Wildman–Crippen LogP) is 4.01. The number of methoxy groups -OCH3 is 1. The van der Waals surface area contributed by atoms with Crippen molar-refractivity contribution in [3.8, 4) is 28.7 Å². The second-order valence-corrected chi connectivity index (χ2v) is 10.1. The van der Waals surface area contributed by atoms with Gasteiger partial charge >= 0.3 is 0 Å². The first-order valence-corrected chi connectivity index (χ1v) is 13.0. The molecular formula is C30H32N2O7. The normalized spacial score (nSPS) is 21.9. The van der Waals surface area contributed by atoms with Gasteiger partial charge in [-0.3, -0.25) is 10.1 Å². The van der Waals surface area contributed by atoms with Crippen LogP contribution < -0.4 is 24.3 Å².